The number of sulfonamides is 1. The average molecular weight is 641 g/mol. The van der Waals surface area contributed by atoms with Gasteiger partial charge in [0.2, 0.25) is 11.8 Å². The molecule has 41 heavy (non-hydrogen) atoms. The minimum Gasteiger partial charge on any atom is -0.352 e. The minimum absolute atomic E-state index is 0.0951. The highest BCUT2D eigenvalue weighted by Crippen LogP contribution is 2.27. The second-order valence-corrected chi connectivity index (χ2v) is 13.3. The number of nitrogens with zero attached hydrogens (tertiary/aromatic N) is 2. The van der Waals surface area contributed by atoms with Crippen molar-refractivity contribution in [1.82, 2.24) is 10.2 Å². The second-order valence-electron chi connectivity index (χ2n) is 10.5. The average Bonchev–Trinajstić information content (AvgIpc) is 3.47. The monoisotopic (exact) mass is 639 g/mol. The van der Waals surface area contributed by atoms with Crippen LogP contribution in [0.5, 0.6) is 0 Å². The van der Waals surface area contributed by atoms with Gasteiger partial charge < -0.3 is 10.2 Å². The summed E-state index contributed by atoms with van der Waals surface area (Å²) >= 11 is 3.43. The van der Waals surface area contributed by atoms with Gasteiger partial charge in [0.05, 0.1) is 10.6 Å². The Kier molecular flexibility index (Phi) is 10.6. The number of amides is 2. The van der Waals surface area contributed by atoms with E-state index < -0.39 is 28.5 Å². The fourth-order valence-electron chi connectivity index (χ4n) is 5.26. The number of halogens is 1. The van der Waals surface area contributed by atoms with Gasteiger partial charge in [-0.05, 0) is 68.5 Å². The summed E-state index contributed by atoms with van der Waals surface area (Å²) in [6.45, 7) is 3.62. The largest absolute Gasteiger partial charge is 0.352 e. The molecular weight excluding hydrogens is 602 g/mol. The van der Waals surface area contributed by atoms with Crippen LogP contribution in [0.15, 0.2) is 88.2 Å². The highest BCUT2D eigenvalue weighted by molar-refractivity contribution is 9.10. The SMILES string of the molecule is CC[C@@H](C(=O)NC1CCCC1)N(CCc1ccccc1)C(=O)CN(c1cccc(Br)c1)S(=O)(=O)c1ccc(C)cc1. The summed E-state index contributed by atoms with van der Waals surface area (Å²) in [5, 5.41) is 3.15. The number of carbonyl (C=O) groups excluding carboxylic acids is 2. The molecule has 3 aromatic carbocycles. The molecule has 0 heterocycles. The summed E-state index contributed by atoms with van der Waals surface area (Å²) in [5.41, 5.74) is 2.33. The van der Waals surface area contributed by atoms with Gasteiger partial charge in [0, 0.05) is 17.1 Å². The molecule has 1 aliphatic carbocycles. The highest BCUT2D eigenvalue weighted by atomic mass is 79.9. The lowest BCUT2D eigenvalue weighted by molar-refractivity contribution is -0.139. The van der Waals surface area contributed by atoms with Gasteiger partial charge in [0.15, 0.2) is 0 Å². The van der Waals surface area contributed by atoms with Gasteiger partial charge in [0.1, 0.15) is 12.6 Å². The number of hydrogen-bond acceptors (Lipinski definition) is 4. The minimum atomic E-state index is -4.09. The molecule has 0 aromatic heterocycles. The van der Waals surface area contributed by atoms with Gasteiger partial charge >= 0.3 is 0 Å². The molecule has 1 aliphatic rings. The van der Waals surface area contributed by atoms with E-state index in [1.807, 2.05) is 44.2 Å². The van der Waals surface area contributed by atoms with E-state index in [9.17, 15) is 18.0 Å². The van der Waals surface area contributed by atoms with Gasteiger partial charge in [-0.3, -0.25) is 13.9 Å². The van der Waals surface area contributed by atoms with Crippen LogP contribution in [0.25, 0.3) is 0 Å². The molecule has 2 amide bonds. The van der Waals surface area contributed by atoms with Crippen LogP contribution < -0.4 is 9.62 Å². The van der Waals surface area contributed by atoms with Crippen molar-refractivity contribution >= 4 is 43.5 Å². The first-order valence-electron chi connectivity index (χ1n) is 14.2. The molecule has 0 spiro atoms. The van der Waals surface area contributed by atoms with Crippen LogP contribution in [0.3, 0.4) is 0 Å². The third-order valence-corrected chi connectivity index (χ3v) is 9.84. The number of rotatable bonds is 12. The summed E-state index contributed by atoms with van der Waals surface area (Å²) in [4.78, 5) is 29.3. The molecule has 4 rings (SSSR count). The first kappa shape index (κ1) is 30.8. The predicted octanol–water partition coefficient (Wildman–Crippen LogP) is 5.86. The van der Waals surface area contributed by atoms with Gasteiger partial charge in [-0.25, -0.2) is 8.42 Å². The van der Waals surface area contributed by atoms with Crippen molar-refractivity contribution in [2.45, 2.75) is 69.4 Å². The molecule has 0 aliphatic heterocycles. The number of anilines is 1. The van der Waals surface area contributed by atoms with E-state index in [0.29, 0.717) is 23.0 Å². The maximum Gasteiger partial charge on any atom is 0.264 e. The second kappa shape index (κ2) is 14.1. The van der Waals surface area contributed by atoms with E-state index in [2.05, 4.69) is 21.2 Å². The zero-order chi connectivity index (χ0) is 29.4. The maximum absolute atomic E-state index is 14.1. The molecule has 7 nitrogen and oxygen atoms in total. The summed E-state index contributed by atoms with van der Waals surface area (Å²) in [5.74, 6) is -0.610. The first-order chi connectivity index (χ1) is 19.7. The standard InChI is InChI=1S/C32H38BrN3O4S/c1-3-30(32(38)34-27-13-7-8-14-27)35(21-20-25-10-5-4-6-11-25)31(37)23-36(28-15-9-12-26(33)22-28)41(39,40)29-18-16-24(2)17-19-29/h4-6,9-12,15-19,22,27,30H,3,7-8,13-14,20-21,23H2,1-2H3,(H,34,38)/t30-/m0/s1. The molecule has 1 atom stereocenters. The van der Waals surface area contributed by atoms with Crippen molar-refractivity contribution in [3.05, 3.63) is 94.5 Å². The lowest BCUT2D eigenvalue weighted by Crippen LogP contribution is -2.54. The molecular formula is C32H38BrN3O4S. The zero-order valence-corrected chi connectivity index (χ0v) is 26.0. The maximum atomic E-state index is 14.1. The molecule has 0 unspecified atom stereocenters. The lowest BCUT2D eigenvalue weighted by atomic mass is 10.1. The van der Waals surface area contributed by atoms with E-state index in [1.165, 1.54) is 0 Å². The van der Waals surface area contributed by atoms with E-state index in [1.54, 1.807) is 53.4 Å². The molecule has 0 saturated heterocycles. The topological polar surface area (TPSA) is 86.8 Å². The smallest absolute Gasteiger partial charge is 0.264 e. The van der Waals surface area contributed by atoms with E-state index in [0.717, 1.165) is 41.1 Å². The molecule has 1 saturated carbocycles. The van der Waals surface area contributed by atoms with Gasteiger partial charge in [-0.2, -0.15) is 0 Å². The van der Waals surface area contributed by atoms with Crippen LogP contribution in [-0.4, -0.2) is 50.3 Å². The summed E-state index contributed by atoms with van der Waals surface area (Å²) in [6.07, 6.45) is 4.99. The van der Waals surface area contributed by atoms with Crippen molar-refractivity contribution < 1.29 is 18.0 Å². The van der Waals surface area contributed by atoms with Crippen LogP contribution in [-0.2, 0) is 26.0 Å². The summed E-state index contributed by atoms with van der Waals surface area (Å²) in [7, 11) is -4.09. The molecule has 218 valence electrons. The molecule has 0 bridgehead atoms. The van der Waals surface area contributed by atoms with Gasteiger partial charge in [-0.1, -0.05) is 89.8 Å². The molecule has 3 aromatic rings. The van der Waals surface area contributed by atoms with Gasteiger partial charge in [0.25, 0.3) is 10.0 Å². The molecule has 9 heteroatoms. The Morgan fingerprint density at radius 3 is 2.29 bits per heavy atom. The van der Waals surface area contributed by atoms with Crippen molar-refractivity contribution in [3.8, 4) is 0 Å². The van der Waals surface area contributed by atoms with E-state index >= 15 is 0 Å². The van der Waals surface area contributed by atoms with Crippen LogP contribution >= 0.6 is 15.9 Å². The van der Waals surface area contributed by atoms with Crippen molar-refractivity contribution in [2.24, 2.45) is 0 Å². The van der Waals surface area contributed by atoms with Crippen LogP contribution in [0, 0.1) is 6.92 Å². The van der Waals surface area contributed by atoms with Crippen molar-refractivity contribution in [2.75, 3.05) is 17.4 Å². The Balaban J connectivity index is 1.67. The fraction of sp³-hybridized carbons (Fsp3) is 0.375. The molecule has 1 fully saturated rings. The summed E-state index contributed by atoms with van der Waals surface area (Å²) in [6, 6.07) is 22.6. The molecule has 0 radical (unpaired) electrons. The number of nitrogens with one attached hydrogen (secondary N) is 1. The van der Waals surface area contributed by atoms with Gasteiger partial charge in [-0.15, -0.1) is 0 Å². The summed E-state index contributed by atoms with van der Waals surface area (Å²) < 4.78 is 29.7. The van der Waals surface area contributed by atoms with Crippen LogP contribution in [0.1, 0.15) is 50.2 Å². The lowest BCUT2D eigenvalue weighted by Gasteiger charge is -2.33. The van der Waals surface area contributed by atoms with Crippen molar-refractivity contribution in [1.29, 1.82) is 0 Å². The molecule has 1 N–H and O–H groups in total. The number of hydrogen-bond donors (Lipinski definition) is 1. The number of carbonyl (C=O) groups is 2. The Hall–Kier alpha value is -3.17. The fourth-order valence-corrected chi connectivity index (χ4v) is 7.05. The third kappa shape index (κ3) is 7.98. The Bertz CT molecular complexity index is 1420. The number of benzene rings is 3. The first-order valence-corrected chi connectivity index (χ1v) is 16.4. The van der Waals surface area contributed by atoms with Crippen LogP contribution in [0.2, 0.25) is 0 Å². The van der Waals surface area contributed by atoms with E-state index in [-0.39, 0.29) is 23.4 Å². The Morgan fingerprint density at radius 2 is 1.66 bits per heavy atom. The number of aryl methyl sites for hydroxylation is 1. The van der Waals surface area contributed by atoms with Crippen LogP contribution in [0.4, 0.5) is 5.69 Å². The zero-order valence-electron chi connectivity index (χ0n) is 23.6. The predicted molar refractivity (Wildman–Crippen MR) is 166 cm³/mol. The highest BCUT2D eigenvalue weighted by Gasteiger charge is 2.34. The quantitative estimate of drug-likeness (QED) is 0.269. The Morgan fingerprint density at radius 1 is 0.976 bits per heavy atom. The normalized spacial score (nSPS) is 14.4. The third-order valence-electron chi connectivity index (χ3n) is 7.56. The van der Waals surface area contributed by atoms with Crippen molar-refractivity contribution in [3.63, 3.8) is 0 Å². The Labute approximate surface area is 252 Å². The van der Waals surface area contributed by atoms with E-state index in [4.69, 9.17) is 0 Å².